The fourth-order valence-corrected chi connectivity index (χ4v) is 6.13. The molecular formula is C21H23BrN3O8P. The molecule has 13 heteroatoms. The van der Waals surface area contributed by atoms with Crippen molar-refractivity contribution >= 4 is 35.7 Å². The van der Waals surface area contributed by atoms with Crippen molar-refractivity contribution in [3.63, 3.8) is 0 Å². The summed E-state index contributed by atoms with van der Waals surface area (Å²) in [5, 5.41) is 0. The monoisotopic (exact) mass is 555 g/mol. The summed E-state index contributed by atoms with van der Waals surface area (Å²) in [6.45, 7) is 5.48. The quantitative estimate of drug-likeness (QED) is 0.423. The molecule has 2 unspecified atom stereocenters. The van der Waals surface area contributed by atoms with Crippen molar-refractivity contribution in [3.05, 3.63) is 59.0 Å². The zero-order valence-corrected chi connectivity index (χ0v) is 20.6. The Morgan fingerprint density at radius 2 is 2.24 bits per heavy atom. The molecule has 2 N–H and O–H groups in total. The number of rotatable bonds is 5. The molecule has 3 saturated heterocycles. The van der Waals surface area contributed by atoms with E-state index in [9.17, 15) is 9.36 Å². The number of carbonyl (C=O) groups excluding carboxylic acids is 1. The van der Waals surface area contributed by atoms with Crippen LogP contribution < -0.4 is 5.73 Å². The third-order valence-corrected chi connectivity index (χ3v) is 7.83. The highest BCUT2D eigenvalue weighted by molar-refractivity contribution is 9.10. The summed E-state index contributed by atoms with van der Waals surface area (Å²) in [7, 11) is -3.93. The number of ether oxygens (including phenoxy) is 3. The maximum Gasteiger partial charge on any atom is 0.509 e. The van der Waals surface area contributed by atoms with Crippen molar-refractivity contribution < 1.29 is 37.1 Å². The van der Waals surface area contributed by atoms with E-state index >= 15 is 0 Å². The van der Waals surface area contributed by atoms with Gasteiger partial charge < -0.3 is 24.8 Å². The number of carbonyl (C=O) groups is 1. The van der Waals surface area contributed by atoms with Gasteiger partial charge in [0.25, 0.3) is 0 Å². The molecule has 0 aromatic heterocycles. The summed E-state index contributed by atoms with van der Waals surface area (Å²) in [5.74, 6) is 0.590. The Morgan fingerprint density at radius 1 is 1.41 bits per heavy atom. The van der Waals surface area contributed by atoms with Gasteiger partial charge >= 0.3 is 14.0 Å². The van der Waals surface area contributed by atoms with E-state index in [2.05, 4.69) is 27.5 Å². The molecule has 182 valence electrons. The second-order valence-corrected chi connectivity index (χ2v) is 10.9. The van der Waals surface area contributed by atoms with Crippen LogP contribution in [-0.4, -0.2) is 54.1 Å². The van der Waals surface area contributed by atoms with Crippen molar-refractivity contribution in [2.75, 3.05) is 13.2 Å². The van der Waals surface area contributed by atoms with Gasteiger partial charge in [-0.3, -0.25) is 13.6 Å². The standard InChI is InChI=1S/C21H23BrN3O8P/c1-12-24-16(23)6-8-25(12)19-17-18(31-20(26)30-17)21(2,32-19)11-29-34(27)28-9-7-15(33-34)13-4-3-5-14(22)10-13/h3-6,8,10,15,17-19H,1,7,9,11H2,2H3,(H2,23,24)/t15?,17-,18+,19-,21-,34?/m1/s1. The van der Waals surface area contributed by atoms with E-state index in [1.54, 1.807) is 24.1 Å². The first-order chi connectivity index (χ1) is 16.2. The van der Waals surface area contributed by atoms with E-state index in [1.807, 2.05) is 24.3 Å². The average Bonchev–Trinajstić information content (AvgIpc) is 3.30. The molecule has 0 saturated carbocycles. The normalized spacial score (nSPS) is 37.2. The number of nitrogens with two attached hydrogens (primary N) is 1. The Bertz CT molecular complexity index is 1130. The van der Waals surface area contributed by atoms with Gasteiger partial charge in [-0.05, 0) is 30.7 Å². The summed E-state index contributed by atoms with van der Waals surface area (Å²) in [6.07, 6.45) is -0.0443. The first-order valence-corrected chi connectivity index (χ1v) is 12.8. The molecule has 0 amide bonds. The molecule has 11 nitrogen and oxygen atoms in total. The van der Waals surface area contributed by atoms with E-state index in [-0.39, 0.29) is 19.0 Å². The zero-order chi connectivity index (χ0) is 24.1. The molecular weight excluding hydrogens is 533 g/mol. The van der Waals surface area contributed by atoms with Crippen LogP contribution in [0.25, 0.3) is 0 Å². The zero-order valence-electron chi connectivity index (χ0n) is 18.2. The van der Waals surface area contributed by atoms with Gasteiger partial charge in [-0.25, -0.2) is 14.4 Å². The maximum atomic E-state index is 13.3. The Hall–Kier alpha value is -2.21. The van der Waals surface area contributed by atoms with Crippen molar-refractivity contribution in [2.24, 2.45) is 10.7 Å². The number of phosphoric acid groups is 1. The molecule has 1 aromatic rings. The highest BCUT2D eigenvalue weighted by Gasteiger charge is 2.63. The Balaban J connectivity index is 1.31. The number of aliphatic imine (C=N–C) groups is 1. The lowest BCUT2D eigenvalue weighted by Gasteiger charge is -2.34. The lowest BCUT2D eigenvalue weighted by atomic mass is 9.98. The van der Waals surface area contributed by atoms with Gasteiger partial charge in [0, 0.05) is 17.1 Å². The topological polar surface area (TPSA) is 131 Å². The van der Waals surface area contributed by atoms with E-state index < -0.39 is 44.1 Å². The van der Waals surface area contributed by atoms with E-state index in [0.29, 0.717) is 12.2 Å². The maximum absolute atomic E-state index is 13.3. The van der Waals surface area contributed by atoms with Crippen LogP contribution in [0.1, 0.15) is 25.0 Å². The number of hydrogen-bond donors (Lipinski definition) is 1. The number of phosphoric ester groups is 1. The minimum atomic E-state index is -3.93. The summed E-state index contributed by atoms with van der Waals surface area (Å²) in [4.78, 5) is 17.7. The third-order valence-electron chi connectivity index (χ3n) is 5.88. The number of benzene rings is 1. The molecule has 4 aliphatic heterocycles. The van der Waals surface area contributed by atoms with Crippen LogP contribution >= 0.6 is 23.8 Å². The number of nitrogens with zero attached hydrogens (tertiary/aromatic N) is 2. The van der Waals surface area contributed by atoms with Crippen LogP contribution in [-0.2, 0) is 32.3 Å². The van der Waals surface area contributed by atoms with Crippen LogP contribution in [0.5, 0.6) is 0 Å². The van der Waals surface area contributed by atoms with Crippen molar-refractivity contribution in [3.8, 4) is 0 Å². The van der Waals surface area contributed by atoms with Crippen molar-refractivity contribution in [2.45, 2.75) is 43.5 Å². The fraction of sp³-hybridized carbons (Fsp3) is 0.429. The van der Waals surface area contributed by atoms with E-state index in [0.717, 1.165) is 10.0 Å². The molecule has 0 radical (unpaired) electrons. The SMILES string of the molecule is C=C1N=C(N)C=CN1[C@@H]1O[C@](C)(COP2(=O)OCCC(c3cccc(Br)c3)O2)[C@H]2OC(=O)O[C@@H]12. The predicted octanol–water partition coefficient (Wildman–Crippen LogP) is 3.73. The molecule has 34 heavy (non-hydrogen) atoms. The molecule has 0 aliphatic carbocycles. The van der Waals surface area contributed by atoms with Crippen LogP contribution in [0.15, 0.2) is 58.4 Å². The van der Waals surface area contributed by atoms with Gasteiger partial charge in [-0.1, -0.05) is 34.6 Å². The number of amidine groups is 1. The molecule has 6 atom stereocenters. The van der Waals surface area contributed by atoms with Gasteiger partial charge in [0.1, 0.15) is 17.3 Å². The van der Waals surface area contributed by atoms with Gasteiger partial charge in [-0.2, -0.15) is 0 Å². The first-order valence-electron chi connectivity index (χ1n) is 10.5. The van der Waals surface area contributed by atoms with Gasteiger partial charge in [0.05, 0.1) is 19.3 Å². The molecule has 4 aliphatic rings. The molecule has 1 aromatic carbocycles. The van der Waals surface area contributed by atoms with Crippen LogP contribution in [0.2, 0.25) is 0 Å². The molecule has 0 bridgehead atoms. The smallest absolute Gasteiger partial charge is 0.424 e. The Kier molecular flexibility index (Phi) is 6.07. The summed E-state index contributed by atoms with van der Waals surface area (Å²) >= 11 is 3.43. The summed E-state index contributed by atoms with van der Waals surface area (Å²) in [6, 6.07) is 7.53. The Labute approximate surface area is 204 Å². The van der Waals surface area contributed by atoms with Gasteiger partial charge in [-0.15, -0.1) is 0 Å². The van der Waals surface area contributed by atoms with Crippen molar-refractivity contribution in [1.82, 2.24) is 4.90 Å². The molecule has 5 rings (SSSR count). The number of fused-ring (bicyclic) bond motifs is 1. The Morgan fingerprint density at radius 3 is 3.00 bits per heavy atom. The summed E-state index contributed by atoms with van der Waals surface area (Å²) < 4.78 is 47.9. The average molecular weight is 556 g/mol. The molecule has 3 fully saturated rings. The van der Waals surface area contributed by atoms with E-state index in [4.69, 9.17) is 33.5 Å². The summed E-state index contributed by atoms with van der Waals surface area (Å²) in [5.41, 5.74) is 5.34. The highest BCUT2D eigenvalue weighted by atomic mass is 79.9. The highest BCUT2D eigenvalue weighted by Crippen LogP contribution is 2.58. The lowest BCUT2D eigenvalue weighted by molar-refractivity contribution is -0.137. The fourth-order valence-electron chi connectivity index (χ4n) is 4.23. The molecule has 4 heterocycles. The van der Waals surface area contributed by atoms with Gasteiger partial charge in [0.2, 0.25) is 0 Å². The molecule has 0 spiro atoms. The largest absolute Gasteiger partial charge is 0.509 e. The van der Waals surface area contributed by atoms with Gasteiger partial charge in [0.15, 0.2) is 18.4 Å². The van der Waals surface area contributed by atoms with Crippen LogP contribution in [0.3, 0.4) is 0 Å². The minimum Gasteiger partial charge on any atom is -0.424 e. The predicted molar refractivity (Wildman–Crippen MR) is 122 cm³/mol. The number of halogens is 1. The number of hydrogen-bond acceptors (Lipinski definition) is 11. The first kappa shape index (κ1) is 23.5. The second kappa shape index (κ2) is 8.78. The third kappa shape index (κ3) is 4.41. The van der Waals surface area contributed by atoms with E-state index in [1.165, 1.54) is 0 Å². The minimum absolute atomic E-state index is 0.191. The van der Waals surface area contributed by atoms with Crippen molar-refractivity contribution in [1.29, 1.82) is 0 Å². The van der Waals surface area contributed by atoms with Crippen LogP contribution in [0, 0.1) is 0 Å². The van der Waals surface area contributed by atoms with Crippen LogP contribution in [0.4, 0.5) is 4.79 Å². The lowest BCUT2D eigenvalue weighted by Crippen LogP contribution is -2.43. The second-order valence-electron chi connectivity index (χ2n) is 8.36.